The third-order valence-corrected chi connectivity index (χ3v) is 5.81. The lowest BCUT2D eigenvalue weighted by molar-refractivity contribution is -0.134. The molecule has 164 valence electrons. The number of imide groups is 1. The minimum absolute atomic E-state index is 0.328. The molecule has 1 heterocycles. The van der Waals surface area contributed by atoms with Crippen LogP contribution in [-0.2, 0) is 21.7 Å². The predicted octanol–water partition coefficient (Wildman–Crippen LogP) is 3.24. The SMILES string of the molecule is COc1ccc2cc(C3(C)NC(=O)N(CC(=O)NCc4ccc(C)cc4)C3=O)ccc2c1. The molecule has 1 atom stereocenters. The van der Waals surface area contributed by atoms with Crippen LogP contribution in [-0.4, -0.2) is 36.4 Å². The fraction of sp³-hybridized carbons (Fsp3) is 0.240. The summed E-state index contributed by atoms with van der Waals surface area (Å²) < 4.78 is 5.25. The van der Waals surface area contributed by atoms with E-state index in [0.29, 0.717) is 12.1 Å². The van der Waals surface area contributed by atoms with E-state index in [2.05, 4.69) is 10.6 Å². The van der Waals surface area contributed by atoms with E-state index in [4.69, 9.17) is 4.74 Å². The molecule has 0 saturated carbocycles. The molecule has 7 nitrogen and oxygen atoms in total. The average Bonchev–Trinajstić information content (AvgIpc) is 3.01. The molecule has 0 aliphatic carbocycles. The van der Waals surface area contributed by atoms with Crippen LogP contribution in [0.15, 0.2) is 60.7 Å². The van der Waals surface area contributed by atoms with Crippen LogP contribution in [0.25, 0.3) is 10.8 Å². The zero-order chi connectivity index (χ0) is 22.9. The maximum absolute atomic E-state index is 13.2. The third-order valence-electron chi connectivity index (χ3n) is 5.81. The average molecular weight is 431 g/mol. The number of carbonyl (C=O) groups excluding carboxylic acids is 3. The van der Waals surface area contributed by atoms with E-state index in [1.165, 1.54) is 0 Å². The molecule has 1 saturated heterocycles. The third kappa shape index (κ3) is 4.01. The Morgan fingerprint density at radius 1 is 1.03 bits per heavy atom. The van der Waals surface area contributed by atoms with Crippen LogP contribution >= 0.6 is 0 Å². The lowest BCUT2D eigenvalue weighted by Gasteiger charge is -2.22. The Morgan fingerprint density at radius 2 is 1.72 bits per heavy atom. The molecule has 0 bridgehead atoms. The molecule has 7 heteroatoms. The normalized spacial score (nSPS) is 18.0. The Labute approximate surface area is 186 Å². The van der Waals surface area contributed by atoms with Crippen LogP contribution in [0.2, 0.25) is 0 Å². The first kappa shape index (κ1) is 21.4. The largest absolute Gasteiger partial charge is 0.497 e. The number of hydrogen-bond acceptors (Lipinski definition) is 4. The molecule has 32 heavy (non-hydrogen) atoms. The number of urea groups is 1. The number of rotatable bonds is 6. The van der Waals surface area contributed by atoms with Gasteiger partial charge in [-0.2, -0.15) is 0 Å². The fourth-order valence-electron chi connectivity index (χ4n) is 3.80. The number of methoxy groups -OCH3 is 1. The molecule has 3 aromatic carbocycles. The monoisotopic (exact) mass is 431 g/mol. The van der Waals surface area contributed by atoms with Crippen LogP contribution < -0.4 is 15.4 Å². The molecule has 2 N–H and O–H groups in total. The van der Waals surface area contributed by atoms with Crippen LogP contribution in [0.5, 0.6) is 5.75 Å². The van der Waals surface area contributed by atoms with Crippen LogP contribution in [0.4, 0.5) is 4.79 Å². The molecule has 1 fully saturated rings. The predicted molar refractivity (Wildman–Crippen MR) is 121 cm³/mol. The lowest BCUT2D eigenvalue weighted by Crippen LogP contribution is -2.43. The number of carbonyl (C=O) groups is 3. The quantitative estimate of drug-likeness (QED) is 0.587. The molecule has 4 amide bonds. The van der Waals surface area contributed by atoms with E-state index in [9.17, 15) is 14.4 Å². The van der Waals surface area contributed by atoms with Gasteiger partial charge in [0.1, 0.15) is 17.8 Å². The number of hydrogen-bond donors (Lipinski definition) is 2. The molecule has 0 radical (unpaired) electrons. The van der Waals surface area contributed by atoms with E-state index < -0.39 is 23.4 Å². The summed E-state index contributed by atoms with van der Waals surface area (Å²) in [7, 11) is 1.61. The zero-order valence-electron chi connectivity index (χ0n) is 18.3. The molecule has 1 aliphatic rings. The topological polar surface area (TPSA) is 87.7 Å². The van der Waals surface area contributed by atoms with E-state index in [1.807, 2.05) is 61.5 Å². The maximum Gasteiger partial charge on any atom is 0.325 e. The first-order chi connectivity index (χ1) is 15.3. The summed E-state index contributed by atoms with van der Waals surface area (Å²) in [5.74, 6) is -0.116. The van der Waals surface area contributed by atoms with Gasteiger partial charge < -0.3 is 15.4 Å². The smallest absolute Gasteiger partial charge is 0.325 e. The number of nitrogens with one attached hydrogen (secondary N) is 2. The van der Waals surface area contributed by atoms with Gasteiger partial charge in [-0.15, -0.1) is 0 Å². The summed E-state index contributed by atoms with van der Waals surface area (Å²) in [5.41, 5.74) is 1.48. The van der Waals surface area contributed by atoms with Gasteiger partial charge in [-0.1, -0.05) is 48.0 Å². The summed E-state index contributed by atoms with van der Waals surface area (Å²) in [6.45, 7) is 3.64. The van der Waals surface area contributed by atoms with Gasteiger partial charge in [0.15, 0.2) is 0 Å². The van der Waals surface area contributed by atoms with E-state index in [-0.39, 0.29) is 6.54 Å². The van der Waals surface area contributed by atoms with E-state index in [1.54, 1.807) is 20.1 Å². The Bertz CT molecular complexity index is 1210. The van der Waals surface area contributed by atoms with Crippen LogP contribution in [0, 0.1) is 6.92 Å². The molecule has 0 aromatic heterocycles. The molecule has 0 spiro atoms. The number of nitrogens with zero attached hydrogens (tertiary/aromatic N) is 1. The molecule has 1 unspecified atom stereocenters. The van der Waals surface area contributed by atoms with Crippen molar-refractivity contribution in [3.05, 3.63) is 77.4 Å². The first-order valence-corrected chi connectivity index (χ1v) is 10.3. The maximum atomic E-state index is 13.2. The zero-order valence-corrected chi connectivity index (χ0v) is 18.3. The second kappa shape index (κ2) is 8.34. The van der Waals surface area contributed by atoms with Gasteiger partial charge in [-0.05, 0) is 53.9 Å². The summed E-state index contributed by atoms with van der Waals surface area (Å²) in [6.07, 6.45) is 0. The minimum Gasteiger partial charge on any atom is -0.497 e. The van der Waals surface area contributed by atoms with Crippen molar-refractivity contribution >= 4 is 28.6 Å². The highest BCUT2D eigenvalue weighted by atomic mass is 16.5. The Balaban J connectivity index is 1.48. The van der Waals surface area contributed by atoms with Crippen molar-refractivity contribution in [2.45, 2.75) is 25.9 Å². The Morgan fingerprint density at radius 3 is 2.44 bits per heavy atom. The number of benzene rings is 3. The second-order valence-corrected chi connectivity index (χ2v) is 8.14. The van der Waals surface area contributed by atoms with Gasteiger partial charge in [0.25, 0.3) is 5.91 Å². The summed E-state index contributed by atoms with van der Waals surface area (Å²) in [6, 6.07) is 18.4. The van der Waals surface area contributed by atoms with Crippen molar-refractivity contribution in [2.24, 2.45) is 0 Å². The summed E-state index contributed by atoms with van der Waals surface area (Å²) in [4.78, 5) is 39.1. The molecule has 3 aromatic rings. The lowest BCUT2D eigenvalue weighted by atomic mass is 9.90. The summed E-state index contributed by atoms with van der Waals surface area (Å²) >= 11 is 0. The van der Waals surface area contributed by atoms with Gasteiger partial charge >= 0.3 is 6.03 Å². The Hall–Kier alpha value is -3.87. The van der Waals surface area contributed by atoms with E-state index in [0.717, 1.165) is 32.5 Å². The first-order valence-electron chi connectivity index (χ1n) is 10.3. The van der Waals surface area contributed by atoms with E-state index >= 15 is 0 Å². The van der Waals surface area contributed by atoms with Crippen molar-refractivity contribution in [1.29, 1.82) is 0 Å². The van der Waals surface area contributed by atoms with Gasteiger partial charge in [0.2, 0.25) is 5.91 Å². The van der Waals surface area contributed by atoms with Crippen molar-refractivity contribution in [3.63, 3.8) is 0 Å². The number of ether oxygens (including phenoxy) is 1. The minimum atomic E-state index is -1.25. The molecule has 1 aliphatic heterocycles. The van der Waals surface area contributed by atoms with Crippen LogP contribution in [0.1, 0.15) is 23.6 Å². The highest BCUT2D eigenvalue weighted by molar-refractivity contribution is 6.09. The highest BCUT2D eigenvalue weighted by Gasteiger charge is 2.49. The van der Waals surface area contributed by atoms with Gasteiger partial charge in [0, 0.05) is 6.54 Å². The molecular weight excluding hydrogens is 406 g/mol. The van der Waals surface area contributed by atoms with Crippen molar-refractivity contribution in [1.82, 2.24) is 15.5 Å². The highest BCUT2D eigenvalue weighted by Crippen LogP contribution is 2.31. The van der Waals surface area contributed by atoms with Crippen molar-refractivity contribution in [2.75, 3.05) is 13.7 Å². The fourth-order valence-corrected chi connectivity index (χ4v) is 3.80. The second-order valence-electron chi connectivity index (χ2n) is 8.14. The number of fused-ring (bicyclic) bond motifs is 1. The Kier molecular flexibility index (Phi) is 5.57. The number of amides is 4. The van der Waals surface area contributed by atoms with Crippen LogP contribution in [0.3, 0.4) is 0 Å². The van der Waals surface area contributed by atoms with Crippen molar-refractivity contribution < 1.29 is 19.1 Å². The standard InChI is InChI=1S/C25H25N3O4/c1-16-4-6-17(7-5-16)14-26-22(29)15-28-23(30)25(2,27-24(28)31)20-10-8-19-13-21(32-3)11-9-18(19)12-20/h4-13H,14-15H2,1-3H3,(H,26,29)(H,27,31). The van der Waals surface area contributed by atoms with Gasteiger partial charge in [-0.25, -0.2) is 4.79 Å². The number of aryl methyl sites for hydroxylation is 1. The van der Waals surface area contributed by atoms with Gasteiger partial charge in [-0.3, -0.25) is 14.5 Å². The molecular formula is C25H25N3O4. The van der Waals surface area contributed by atoms with Crippen molar-refractivity contribution in [3.8, 4) is 5.75 Å². The molecule has 4 rings (SSSR count). The summed E-state index contributed by atoms with van der Waals surface area (Å²) in [5, 5.41) is 7.39. The van der Waals surface area contributed by atoms with Gasteiger partial charge in [0.05, 0.1) is 7.11 Å².